The quantitative estimate of drug-likeness (QED) is 0.381. The molecule has 1 heterocycles. The minimum Gasteiger partial charge on any atom is -0.396 e. The SMILES string of the molecule is CCC(=O)c1sc(NCCCCOC(C)C)c(SC)c1N. The van der Waals surface area contributed by atoms with Crippen LogP contribution in [0.4, 0.5) is 10.7 Å². The molecule has 0 aliphatic rings. The minimum absolute atomic E-state index is 0.117. The summed E-state index contributed by atoms with van der Waals surface area (Å²) in [6, 6.07) is 0. The highest BCUT2D eigenvalue weighted by Gasteiger charge is 2.19. The summed E-state index contributed by atoms with van der Waals surface area (Å²) in [6.07, 6.45) is 4.84. The Morgan fingerprint density at radius 3 is 2.71 bits per heavy atom. The molecule has 120 valence electrons. The Morgan fingerprint density at radius 1 is 1.43 bits per heavy atom. The van der Waals surface area contributed by atoms with Crippen molar-refractivity contribution in [3.05, 3.63) is 4.88 Å². The lowest BCUT2D eigenvalue weighted by Gasteiger charge is -2.08. The number of carbonyl (C=O) groups excluding carboxylic acids is 1. The standard InChI is InChI=1S/C15H26N2O2S2/c1-5-11(18)13-12(16)14(20-4)15(21-13)17-8-6-7-9-19-10(2)3/h10,17H,5-9,16H2,1-4H3. The van der Waals surface area contributed by atoms with E-state index >= 15 is 0 Å². The van der Waals surface area contributed by atoms with E-state index in [1.54, 1.807) is 11.8 Å². The van der Waals surface area contributed by atoms with Crippen molar-refractivity contribution >= 4 is 39.6 Å². The first kappa shape index (κ1) is 18.3. The number of nitrogen functional groups attached to an aromatic ring is 1. The van der Waals surface area contributed by atoms with Gasteiger partial charge in [-0.05, 0) is 32.9 Å². The lowest BCUT2D eigenvalue weighted by Crippen LogP contribution is -2.06. The fourth-order valence-electron chi connectivity index (χ4n) is 1.86. The Hall–Kier alpha value is -0.720. The number of thioether (sulfide) groups is 1. The summed E-state index contributed by atoms with van der Waals surface area (Å²) >= 11 is 3.06. The highest BCUT2D eigenvalue weighted by atomic mass is 32.2. The number of carbonyl (C=O) groups is 1. The van der Waals surface area contributed by atoms with Gasteiger partial charge in [-0.1, -0.05) is 6.92 Å². The van der Waals surface area contributed by atoms with E-state index in [-0.39, 0.29) is 5.78 Å². The Bertz CT molecular complexity index is 459. The molecule has 21 heavy (non-hydrogen) atoms. The van der Waals surface area contributed by atoms with Gasteiger partial charge in [-0.25, -0.2) is 0 Å². The van der Waals surface area contributed by atoms with Crippen LogP contribution in [0.1, 0.15) is 49.7 Å². The van der Waals surface area contributed by atoms with Crippen LogP contribution >= 0.6 is 23.1 Å². The molecule has 0 saturated heterocycles. The number of hydrogen-bond acceptors (Lipinski definition) is 6. The maximum atomic E-state index is 11.9. The van der Waals surface area contributed by atoms with Crippen LogP contribution in [0, 0.1) is 0 Å². The van der Waals surface area contributed by atoms with Gasteiger partial charge >= 0.3 is 0 Å². The molecule has 0 fully saturated rings. The zero-order chi connectivity index (χ0) is 15.8. The summed E-state index contributed by atoms with van der Waals surface area (Å²) in [5.74, 6) is 0.117. The van der Waals surface area contributed by atoms with Crippen LogP contribution in [0.15, 0.2) is 4.90 Å². The summed E-state index contributed by atoms with van der Waals surface area (Å²) in [6.45, 7) is 7.62. The van der Waals surface area contributed by atoms with Gasteiger partial charge in [0.2, 0.25) is 0 Å². The van der Waals surface area contributed by atoms with Crippen molar-refractivity contribution in [1.82, 2.24) is 0 Å². The number of ketones is 1. The van der Waals surface area contributed by atoms with Crippen molar-refractivity contribution in [3.63, 3.8) is 0 Å². The van der Waals surface area contributed by atoms with Gasteiger partial charge in [-0.15, -0.1) is 23.1 Å². The van der Waals surface area contributed by atoms with Gasteiger partial charge < -0.3 is 15.8 Å². The predicted octanol–water partition coefficient (Wildman–Crippen LogP) is 4.26. The fraction of sp³-hybridized carbons (Fsp3) is 0.667. The minimum atomic E-state index is 0.117. The molecular weight excluding hydrogens is 304 g/mol. The Balaban J connectivity index is 2.53. The molecule has 0 atom stereocenters. The lowest BCUT2D eigenvalue weighted by atomic mass is 10.2. The molecule has 0 aromatic carbocycles. The molecule has 0 amide bonds. The summed E-state index contributed by atoms with van der Waals surface area (Å²) in [5, 5.41) is 4.42. The normalized spacial score (nSPS) is 11.1. The third-order valence-corrected chi connectivity index (χ3v) is 5.15. The van der Waals surface area contributed by atoms with Crippen LogP contribution in [-0.2, 0) is 4.74 Å². The second-order valence-corrected chi connectivity index (χ2v) is 6.87. The maximum absolute atomic E-state index is 11.9. The Kier molecular flexibility index (Phi) is 8.14. The van der Waals surface area contributed by atoms with Crippen molar-refractivity contribution in [2.24, 2.45) is 0 Å². The molecule has 0 unspecified atom stereocenters. The lowest BCUT2D eigenvalue weighted by molar-refractivity contribution is 0.0765. The monoisotopic (exact) mass is 330 g/mol. The molecule has 0 spiro atoms. The zero-order valence-corrected chi connectivity index (χ0v) is 15.0. The van der Waals surface area contributed by atoms with Crippen LogP contribution in [-0.4, -0.2) is 31.3 Å². The smallest absolute Gasteiger partial charge is 0.174 e. The van der Waals surface area contributed by atoms with Crippen LogP contribution in [0.3, 0.4) is 0 Å². The van der Waals surface area contributed by atoms with Crippen molar-refractivity contribution < 1.29 is 9.53 Å². The van der Waals surface area contributed by atoms with Crippen molar-refractivity contribution in [1.29, 1.82) is 0 Å². The summed E-state index contributed by atoms with van der Waals surface area (Å²) < 4.78 is 5.51. The predicted molar refractivity (Wildman–Crippen MR) is 93.9 cm³/mol. The van der Waals surface area contributed by atoms with E-state index in [0.717, 1.165) is 35.9 Å². The largest absolute Gasteiger partial charge is 0.396 e. The number of hydrogen-bond donors (Lipinski definition) is 2. The van der Waals surface area contributed by atoms with Crippen LogP contribution < -0.4 is 11.1 Å². The summed E-state index contributed by atoms with van der Waals surface area (Å²) in [5.41, 5.74) is 6.71. The number of unbranched alkanes of at least 4 members (excludes halogenated alkanes) is 1. The average Bonchev–Trinajstić information content (AvgIpc) is 2.77. The first-order valence-electron chi connectivity index (χ1n) is 7.36. The highest BCUT2D eigenvalue weighted by Crippen LogP contribution is 2.42. The molecule has 1 aromatic rings. The third kappa shape index (κ3) is 5.52. The van der Waals surface area contributed by atoms with E-state index in [1.165, 1.54) is 11.3 Å². The van der Waals surface area contributed by atoms with Crippen molar-refractivity contribution in [2.75, 3.05) is 30.5 Å². The second kappa shape index (κ2) is 9.33. The Labute approximate surface area is 135 Å². The zero-order valence-electron chi connectivity index (χ0n) is 13.3. The van der Waals surface area contributed by atoms with E-state index < -0.39 is 0 Å². The molecule has 1 aromatic heterocycles. The first-order valence-corrected chi connectivity index (χ1v) is 9.40. The topological polar surface area (TPSA) is 64.3 Å². The molecular formula is C15H26N2O2S2. The molecule has 0 aliphatic heterocycles. The van der Waals surface area contributed by atoms with Crippen molar-refractivity contribution in [3.8, 4) is 0 Å². The highest BCUT2D eigenvalue weighted by molar-refractivity contribution is 7.99. The number of anilines is 2. The summed E-state index contributed by atoms with van der Waals surface area (Å²) in [7, 11) is 0. The van der Waals surface area contributed by atoms with Gasteiger partial charge in [-0.2, -0.15) is 0 Å². The maximum Gasteiger partial charge on any atom is 0.174 e. The number of thiophene rings is 1. The number of ether oxygens (including phenoxy) is 1. The molecule has 4 nitrogen and oxygen atoms in total. The van der Waals surface area contributed by atoms with Gasteiger partial charge in [0.25, 0.3) is 0 Å². The van der Waals surface area contributed by atoms with Gasteiger partial charge in [-0.3, -0.25) is 4.79 Å². The third-order valence-electron chi connectivity index (χ3n) is 2.99. The van der Waals surface area contributed by atoms with Gasteiger partial charge in [0, 0.05) is 19.6 Å². The van der Waals surface area contributed by atoms with Crippen molar-refractivity contribution in [2.45, 2.75) is 51.0 Å². The molecule has 0 aliphatic carbocycles. The van der Waals surface area contributed by atoms with E-state index in [1.807, 2.05) is 27.0 Å². The molecule has 1 rings (SSSR count). The number of nitrogens with two attached hydrogens (primary N) is 1. The Morgan fingerprint density at radius 2 is 2.14 bits per heavy atom. The van der Waals surface area contributed by atoms with Crippen LogP contribution in [0.2, 0.25) is 0 Å². The van der Waals surface area contributed by atoms with E-state index in [0.29, 0.717) is 23.1 Å². The molecule has 0 saturated carbocycles. The van der Waals surface area contributed by atoms with Gasteiger partial charge in [0.1, 0.15) is 5.00 Å². The average molecular weight is 331 g/mol. The number of rotatable bonds is 10. The first-order chi connectivity index (χ1) is 10.0. The summed E-state index contributed by atoms with van der Waals surface area (Å²) in [4.78, 5) is 13.6. The fourth-order valence-corrected chi connectivity index (χ4v) is 3.93. The van der Waals surface area contributed by atoms with Crippen LogP contribution in [0.25, 0.3) is 0 Å². The van der Waals surface area contributed by atoms with Gasteiger partial charge in [0.05, 0.1) is 21.6 Å². The van der Waals surface area contributed by atoms with E-state index in [2.05, 4.69) is 5.32 Å². The molecule has 0 radical (unpaired) electrons. The molecule has 3 N–H and O–H groups in total. The van der Waals surface area contributed by atoms with Gasteiger partial charge in [0.15, 0.2) is 5.78 Å². The van der Waals surface area contributed by atoms with Crippen LogP contribution in [0.5, 0.6) is 0 Å². The number of nitrogens with one attached hydrogen (secondary N) is 1. The molecule has 6 heteroatoms. The second-order valence-electron chi connectivity index (χ2n) is 5.04. The molecule has 0 bridgehead atoms. The van der Waals surface area contributed by atoms with E-state index in [9.17, 15) is 4.79 Å². The van der Waals surface area contributed by atoms with E-state index in [4.69, 9.17) is 10.5 Å². The number of Topliss-reactive ketones (excluding diaryl/α,β-unsaturated/α-hetero) is 1.